The predicted octanol–water partition coefficient (Wildman–Crippen LogP) is 1.94. The number of rotatable bonds is 4. The molecular formula is C21H33N3O3. The van der Waals surface area contributed by atoms with E-state index in [0.29, 0.717) is 11.9 Å². The van der Waals surface area contributed by atoms with Crippen molar-refractivity contribution >= 4 is 5.91 Å². The maximum atomic E-state index is 12.9. The second-order valence-electron chi connectivity index (χ2n) is 8.48. The third kappa shape index (κ3) is 4.73. The summed E-state index contributed by atoms with van der Waals surface area (Å²) in [6, 6.07) is 4.49. The molecule has 4 heterocycles. The highest BCUT2D eigenvalue weighted by atomic mass is 16.3. The summed E-state index contributed by atoms with van der Waals surface area (Å²) in [5.41, 5.74) is 0. The molecule has 1 N–H and O–H groups in total. The molecule has 0 bridgehead atoms. The van der Waals surface area contributed by atoms with Gasteiger partial charge in [-0.15, -0.1) is 0 Å². The van der Waals surface area contributed by atoms with Crippen LogP contribution in [0.4, 0.5) is 0 Å². The first kappa shape index (κ1) is 19.0. The zero-order valence-electron chi connectivity index (χ0n) is 16.3. The molecule has 1 aromatic rings. The number of hydrogen-bond donors (Lipinski definition) is 1. The lowest BCUT2D eigenvalue weighted by atomic mass is 9.93. The molecule has 150 valence electrons. The number of β-amino-alcohol motifs (C(OH)–C–C–N with tert-alkyl or cyclic N) is 1. The van der Waals surface area contributed by atoms with Crippen molar-refractivity contribution in [2.75, 3.05) is 39.3 Å². The van der Waals surface area contributed by atoms with Gasteiger partial charge < -0.3 is 14.4 Å². The fraction of sp³-hybridized carbons (Fsp3) is 0.762. The summed E-state index contributed by atoms with van der Waals surface area (Å²) in [5.74, 6) is 1.56. The van der Waals surface area contributed by atoms with E-state index in [4.69, 9.17) is 4.42 Å². The van der Waals surface area contributed by atoms with Crippen molar-refractivity contribution in [3.05, 3.63) is 24.2 Å². The van der Waals surface area contributed by atoms with E-state index in [1.807, 2.05) is 12.1 Å². The summed E-state index contributed by atoms with van der Waals surface area (Å²) in [4.78, 5) is 19.9. The van der Waals surface area contributed by atoms with Gasteiger partial charge in [0.25, 0.3) is 0 Å². The van der Waals surface area contributed by atoms with Gasteiger partial charge >= 0.3 is 0 Å². The van der Waals surface area contributed by atoms with Crippen LogP contribution in [0.25, 0.3) is 0 Å². The van der Waals surface area contributed by atoms with Gasteiger partial charge in [-0.2, -0.15) is 0 Å². The molecule has 0 radical (unpaired) electrons. The zero-order valence-corrected chi connectivity index (χ0v) is 16.3. The number of nitrogens with zero attached hydrogens (tertiary/aromatic N) is 3. The van der Waals surface area contributed by atoms with Crippen LogP contribution in [0.3, 0.4) is 0 Å². The Morgan fingerprint density at radius 1 is 1.07 bits per heavy atom. The average molecular weight is 376 g/mol. The number of aliphatic hydroxyl groups is 1. The quantitative estimate of drug-likeness (QED) is 0.872. The van der Waals surface area contributed by atoms with E-state index in [2.05, 4.69) is 14.7 Å². The second kappa shape index (κ2) is 8.76. The highest BCUT2D eigenvalue weighted by molar-refractivity contribution is 5.79. The van der Waals surface area contributed by atoms with Crippen LogP contribution in [0.15, 0.2) is 22.8 Å². The minimum atomic E-state index is -0.162. The third-order valence-corrected chi connectivity index (χ3v) is 6.62. The van der Waals surface area contributed by atoms with Gasteiger partial charge in [-0.3, -0.25) is 14.6 Å². The standard InChI is InChI=1S/C21H33N3O3/c25-19-3-1-9-24(15-19)18-7-12-23(13-8-18)21(26)17-5-10-22(11-6-17)16-20-4-2-14-27-20/h2,4,14,17-19,25H,1,3,5-13,15-16H2/t19-/m1/s1. The largest absolute Gasteiger partial charge is 0.468 e. The Morgan fingerprint density at radius 2 is 1.85 bits per heavy atom. The summed E-state index contributed by atoms with van der Waals surface area (Å²) < 4.78 is 5.44. The highest BCUT2D eigenvalue weighted by Crippen LogP contribution is 2.25. The minimum Gasteiger partial charge on any atom is -0.468 e. The number of amides is 1. The van der Waals surface area contributed by atoms with Gasteiger partial charge in [0.15, 0.2) is 0 Å². The van der Waals surface area contributed by atoms with Gasteiger partial charge in [0.05, 0.1) is 18.9 Å². The van der Waals surface area contributed by atoms with Gasteiger partial charge in [0.1, 0.15) is 5.76 Å². The van der Waals surface area contributed by atoms with E-state index in [0.717, 1.165) is 90.1 Å². The van der Waals surface area contributed by atoms with E-state index < -0.39 is 0 Å². The Hall–Kier alpha value is -1.37. The van der Waals surface area contributed by atoms with E-state index in [9.17, 15) is 9.90 Å². The predicted molar refractivity (Wildman–Crippen MR) is 103 cm³/mol. The average Bonchev–Trinajstić information content (AvgIpc) is 3.21. The third-order valence-electron chi connectivity index (χ3n) is 6.62. The molecule has 4 rings (SSSR count). The second-order valence-corrected chi connectivity index (χ2v) is 8.48. The first-order chi connectivity index (χ1) is 13.2. The molecule has 3 aliphatic rings. The molecule has 1 aromatic heterocycles. The van der Waals surface area contributed by atoms with Crippen LogP contribution >= 0.6 is 0 Å². The van der Waals surface area contributed by atoms with Crippen LogP contribution < -0.4 is 0 Å². The van der Waals surface area contributed by atoms with Gasteiger partial charge in [0.2, 0.25) is 5.91 Å². The number of carbonyl (C=O) groups excluding carboxylic acids is 1. The number of carbonyl (C=O) groups is 1. The SMILES string of the molecule is O=C(C1CCN(Cc2ccco2)CC1)N1CCC(N2CCC[C@@H](O)C2)CC1. The summed E-state index contributed by atoms with van der Waals surface area (Å²) in [5, 5.41) is 9.91. The van der Waals surface area contributed by atoms with Crippen LogP contribution in [-0.2, 0) is 11.3 Å². The van der Waals surface area contributed by atoms with Crippen LogP contribution in [0.5, 0.6) is 0 Å². The molecule has 3 fully saturated rings. The number of piperidine rings is 3. The van der Waals surface area contributed by atoms with Crippen LogP contribution in [0.1, 0.15) is 44.3 Å². The van der Waals surface area contributed by atoms with Crippen molar-refractivity contribution in [3.63, 3.8) is 0 Å². The number of likely N-dealkylation sites (tertiary alicyclic amines) is 3. The van der Waals surface area contributed by atoms with E-state index in [1.165, 1.54) is 0 Å². The maximum Gasteiger partial charge on any atom is 0.225 e. The first-order valence-electron chi connectivity index (χ1n) is 10.6. The summed E-state index contributed by atoms with van der Waals surface area (Å²) >= 11 is 0. The molecule has 1 atom stereocenters. The van der Waals surface area contributed by atoms with Crippen molar-refractivity contribution in [2.45, 2.75) is 57.2 Å². The highest BCUT2D eigenvalue weighted by Gasteiger charge is 2.33. The van der Waals surface area contributed by atoms with Crippen molar-refractivity contribution in [1.29, 1.82) is 0 Å². The minimum absolute atomic E-state index is 0.162. The first-order valence-corrected chi connectivity index (χ1v) is 10.6. The lowest BCUT2D eigenvalue weighted by molar-refractivity contribution is -0.139. The Kier molecular flexibility index (Phi) is 6.15. The number of hydrogen-bond acceptors (Lipinski definition) is 5. The van der Waals surface area contributed by atoms with Crippen LogP contribution in [0, 0.1) is 5.92 Å². The Morgan fingerprint density at radius 3 is 2.52 bits per heavy atom. The summed E-state index contributed by atoms with van der Waals surface area (Å²) in [7, 11) is 0. The fourth-order valence-electron chi connectivity index (χ4n) is 4.99. The maximum absolute atomic E-state index is 12.9. The topological polar surface area (TPSA) is 60.2 Å². The smallest absolute Gasteiger partial charge is 0.225 e. The summed E-state index contributed by atoms with van der Waals surface area (Å²) in [6.07, 6.45) is 7.61. The molecule has 1 amide bonds. The van der Waals surface area contributed by atoms with Crippen LogP contribution in [0.2, 0.25) is 0 Å². The van der Waals surface area contributed by atoms with Gasteiger partial charge in [-0.25, -0.2) is 0 Å². The van der Waals surface area contributed by atoms with Gasteiger partial charge in [-0.1, -0.05) is 0 Å². The van der Waals surface area contributed by atoms with Gasteiger partial charge in [-0.05, 0) is 70.3 Å². The molecule has 3 saturated heterocycles. The molecule has 0 spiro atoms. The number of aliphatic hydroxyl groups excluding tert-OH is 1. The Labute approximate surface area is 162 Å². The molecule has 6 heteroatoms. The number of furan rings is 1. The fourth-order valence-corrected chi connectivity index (χ4v) is 4.99. The van der Waals surface area contributed by atoms with Crippen LogP contribution in [-0.4, -0.2) is 77.1 Å². The van der Waals surface area contributed by atoms with Crippen molar-refractivity contribution < 1.29 is 14.3 Å². The van der Waals surface area contributed by atoms with E-state index in [-0.39, 0.29) is 12.0 Å². The Bertz CT molecular complexity index is 590. The Balaban J connectivity index is 1.20. The monoisotopic (exact) mass is 375 g/mol. The lowest BCUT2D eigenvalue weighted by Gasteiger charge is -2.42. The van der Waals surface area contributed by atoms with Crippen molar-refractivity contribution in [3.8, 4) is 0 Å². The van der Waals surface area contributed by atoms with E-state index >= 15 is 0 Å². The van der Waals surface area contributed by atoms with Crippen molar-refractivity contribution in [2.24, 2.45) is 5.92 Å². The molecule has 0 unspecified atom stereocenters. The summed E-state index contributed by atoms with van der Waals surface area (Å²) in [6.45, 7) is 6.46. The molecule has 27 heavy (non-hydrogen) atoms. The lowest BCUT2D eigenvalue weighted by Crippen LogP contribution is -2.52. The molecule has 6 nitrogen and oxygen atoms in total. The van der Waals surface area contributed by atoms with E-state index in [1.54, 1.807) is 6.26 Å². The molecule has 3 aliphatic heterocycles. The van der Waals surface area contributed by atoms with Gasteiger partial charge in [0, 0.05) is 31.6 Å². The molecule has 0 aliphatic carbocycles. The molecule has 0 saturated carbocycles. The zero-order chi connectivity index (χ0) is 18.6. The van der Waals surface area contributed by atoms with Crippen molar-refractivity contribution in [1.82, 2.24) is 14.7 Å². The normalized spacial score (nSPS) is 27.1. The molecule has 0 aromatic carbocycles. The molecular weight excluding hydrogens is 342 g/mol.